The minimum atomic E-state index is -0.420. The summed E-state index contributed by atoms with van der Waals surface area (Å²) in [7, 11) is 0. The quantitative estimate of drug-likeness (QED) is 0.458. The van der Waals surface area contributed by atoms with Crippen molar-refractivity contribution in [2.24, 2.45) is 0 Å². The highest BCUT2D eigenvalue weighted by Crippen LogP contribution is 2.42. The summed E-state index contributed by atoms with van der Waals surface area (Å²) < 4.78 is 13.5. The van der Waals surface area contributed by atoms with Crippen LogP contribution in [0, 0.1) is 19.7 Å². The smallest absolute Gasteiger partial charge is 0.268 e. The molecule has 1 aliphatic heterocycles. The molecule has 1 heterocycles. The summed E-state index contributed by atoms with van der Waals surface area (Å²) in [6.45, 7) is 3.81. The molecule has 0 radical (unpaired) electrons. The lowest BCUT2D eigenvalue weighted by molar-refractivity contribution is -0.119. The monoisotopic (exact) mass is 437 g/mol. The van der Waals surface area contributed by atoms with Crippen molar-refractivity contribution in [3.63, 3.8) is 0 Å². The number of rotatable bonds is 4. The van der Waals surface area contributed by atoms with Gasteiger partial charge < -0.3 is 0 Å². The Morgan fingerprint density at radius 1 is 0.867 bits per heavy atom. The number of hydrogen-bond acceptors (Lipinski definition) is 3. The lowest BCUT2D eigenvalue weighted by Gasteiger charge is -2.19. The van der Waals surface area contributed by atoms with Crippen LogP contribution in [0.2, 0.25) is 5.02 Å². The van der Waals surface area contributed by atoms with Gasteiger partial charge in [0, 0.05) is 9.92 Å². The van der Waals surface area contributed by atoms with Crippen molar-refractivity contribution in [2.75, 3.05) is 4.90 Å². The number of thioether (sulfide) groups is 1. The van der Waals surface area contributed by atoms with Gasteiger partial charge in [-0.2, -0.15) is 0 Å². The zero-order chi connectivity index (χ0) is 21.4. The second-order valence-corrected chi connectivity index (χ2v) is 8.45. The van der Waals surface area contributed by atoms with Crippen LogP contribution in [0.1, 0.15) is 16.7 Å². The number of halogens is 2. The molecule has 30 heavy (non-hydrogen) atoms. The Morgan fingerprint density at radius 3 is 2.20 bits per heavy atom. The van der Waals surface area contributed by atoms with Crippen LogP contribution >= 0.6 is 23.4 Å². The van der Waals surface area contributed by atoms with E-state index in [-0.39, 0.29) is 5.57 Å². The van der Waals surface area contributed by atoms with Gasteiger partial charge in [0.15, 0.2) is 0 Å². The van der Waals surface area contributed by atoms with E-state index in [4.69, 9.17) is 11.6 Å². The number of carbonyl (C=O) groups is 2. The summed E-state index contributed by atoms with van der Waals surface area (Å²) in [6.07, 6.45) is 0. The second-order valence-electron chi connectivity index (χ2n) is 6.93. The molecule has 6 heteroatoms. The van der Waals surface area contributed by atoms with Crippen molar-refractivity contribution in [2.45, 2.75) is 18.7 Å². The van der Waals surface area contributed by atoms with Crippen LogP contribution < -0.4 is 4.90 Å². The molecule has 0 saturated carbocycles. The molecule has 4 rings (SSSR count). The Hall–Kier alpha value is -2.89. The Kier molecular flexibility index (Phi) is 5.50. The molecule has 0 aromatic heterocycles. The Labute approximate surface area is 183 Å². The highest BCUT2D eigenvalue weighted by molar-refractivity contribution is 8.04. The van der Waals surface area contributed by atoms with E-state index >= 15 is 0 Å². The summed E-state index contributed by atoms with van der Waals surface area (Å²) in [4.78, 5) is 29.2. The molecule has 0 fully saturated rings. The molecule has 0 spiro atoms. The van der Waals surface area contributed by atoms with E-state index in [1.807, 2.05) is 26.0 Å². The topological polar surface area (TPSA) is 37.4 Å². The summed E-state index contributed by atoms with van der Waals surface area (Å²) >= 11 is 7.17. The van der Waals surface area contributed by atoms with Gasteiger partial charge in [0.2, 0.25) is 0 Å². The number of benzene rings is 3. The SMILES string of the molecule is Cc1cccc(N2C(=O)C(Sc3ccc(Cl)cc3)=C(c3ccc(F)cc3)C2=O)c1C. The van der Waals surface area contributed by atoms with Gasteiger partial charge in [-0.15, -0.1) is 0 Å². The van der Waals surface area contributed by atoms with E-state index in [9.17, 15) is 14.0 Å². The predicted molar refractivity (Wildman–Crippen MR) is 119 cm³/mol. The lowest BCUT2D eigenvalue weighted by Crippen LogP contribution is -2.32. The summed E-state index contributed by atoms with van der Waals surface area (Å²) in [6, 6.07) is 18.2. The van der Waals surface area contributed by atoms with Crippen LogP contribution in [0.4, 0.5) is 10.1 Å². The summed E-state index contributed by atoms with van der Waals surface area (Å²) in [5.41, 5.74) is 3.15. The first-order valence-electron chi connectivity index (χ1n) is 9.25. The maximum absolute atomic E-state index is 13.5. The Balaban J connectivity index is 1.84. The molecular weight excluding hydrogens is 421 g/mol. The zero-order valence-corrected chi connectivity index (χ0v) is 17.9. The van der Waals surface area contributed by atoms with Crippen LogP contribution in [0.15, 0.2) is 76.5 Å². The van der Waals surface area contributed by atoms with Gasteiger partial charge in [-0.25, -0.2) is 9.29 Å². The van der Waals surface area contributed by atoms with Crippen molar-refractivity contribution in [1.82, 2.24) is 0 Å². The van der Waals surface area contributed by atoms with Crippen LogP contribution in [0.5, 0.6) is 0 Å². The standard InChI is InChI=1S/C24H17ClFNO2S/c1-14-4-3-5-20(15(14)2)27-23(28)21(16-6-10-18(26)11-7-16)22(24(27)29)30-19-12-8-17(25)9-13-19/h3-13H,1-2H3. The lowest BCUT2D eigenvalue weighted by atomic mass is 10.1. The van der Waals surface area contributed by atoms with Crippen molar-refractivity contribution >= 4 is 46.4 Å². The fraction of sp³-hybridized carbons (Fsp3) is 0.0833. The molecule has 0 aliphatic carbocycles. The van der Waals surface area contributed by atoms with Crippen LogP contribution in [-0.2, 0) is 9.59 Å². The third-order valence-corrected chi connectivity index (χ3v) is 6.37. The van der Waals surface area contributed by atoms with E-state index in [1.54, 1.807) is 30.3 Å². The molecule has 0 saturated heterocycles. The molecule has 0 unspecified atom stereocenters. The number of carbonyl (C=O) groups excluding carboxylic acids is 2. The summed E-state index contributed by atoms with van der Waals surface area (Å²) in [5, 5.41) is 0.581. The minimum Gasteiger partial charge on any atom is -0.268 e. The second kappa shape index (κ2) is 8.09. The van der Waals surface area contributed by atoms with E-state index in [1.165, 1.54) is 40.9 Å². The number of nitrogens with zero attached hydrogens (tertiary/aromatic N) is 1. The van der Waals surface area contributed by atoms with Crippen molar-refractivity contribution < 1.29 is 14.0 Å². The van der Waals surface area contributed by atoms with Gasteiger partial charge in [0.1, 0.15) is 5.82 Å². The number of imide groups is 1. The van der Waals surface area contributed by atoms with Crippen molar-refractivity contribution in [3.8, 4) is 0 Å². The number of hydrogen-bond donors (Lipinski definition) is 0. The van der Waals surface area contributed by atoms with E-state index in [2.05, 4.69) is 0 Å². The predicted octanol–water partition coefficient (Wildman–Crippen LogP) is 6.17. The number of anilines is 1. The van der Waals surface area contributed by atoms with E-state index in [0.29, 0.717) is 21.2 Å². The van der Waals surface area contributed by atoms with E-state index in [0.717, 1.165) is 16.0 Å². The first kappa shape index (κ1) is 20.4. The van der Waals surface area contributed by atoms with Crippen LogP contribution in [-0.4, -0.2) is 11.8 Å². The third kappa shape index (κ3) is 3.66. The van der Waals surface area contributed by atoms with Gasteiger partial charge in [-0.1, -0.05) is 47.6 Å². The molecule has 3 aromatic rings. The Morgan fingerprint density at radius 2 is 1.53 bits per heavy atom. The van der Waals surface area contributed by atoms with Crippen LogP contribution in [0.25, 0.3) is 5.57 Å². The normalized spacial score (nSPS) is 14.1. The number of aryl methyl sites for hydroxylation is 1. The Bertz CT molecular complexity index is 1190. The molecule has 3 aromatic carbocycles. The molecule has 0 bridgehead atoms. The molecule has 150 valence electrons. The number of amides is 2. The van der Waals surface area contributed by atoms with Crippen LogP contribution in [0.3, 0.4) is 0 Å². The van der Waals surface area contributed by atoms with Gasteiger partial charge in [-0.3, -0.25) is 9.59 Å². The maximum Gasteiger partial charge on any atom is 0.272 e. The zero-order valence-electron chi connectivity index (χ0n) is 16.3. The molecule has 2 amide bonds. The highest BCUT2D eigenvalue weighted by Gasteiger charge is 2.41. The van der Waals surface area contributed by atoms with Gasteiger partial charge >= 0.3 is 0 Å². The molecule has 0 N–H and O–H groups in total. The van der Waals surface area contributed by atoms with E-state index < -0.39 is 17.6 Å². The van der Waals surface area contributed by atoms with Gasteiger partial charge in [0.25, 0.3) is 11.8 Å². The largest absolute Gasteiger partial charge is 0.272 e. The molecule has 0 atom stereocenters. The third-order valence-electron chi connectivity index (χ3n) is 5.02. The molecule has 1 aliphatic rings. The molecule has 3 nitrogen and oxygen atoms in total. The highest BCUT2D eigenvalue weighted by atomic mass is 35.5. The average molecular weight is 438 g/mol. The molecular formula is C24H17ClFNO2S. The van der Waals surface area contributed by atoms with Gasteiger partial charge in [-0.05, 0) is 73.0 Å². The maximum atomic E-state index is 13.5. The first-order chi connectivity index (χ1) is 14.4. The van der Waals surface area contributed by atoms with Crippen molar-refractivity contribution in [3.05, 3.63) is 99.2 Å². The summed E-state index contributed by atoms with van der Waals surface area (Å²) in [5.74, 6) is -1.22. The van der Waals surface area contributed by atoms with Crippen molar-refractivity contribution in [1.29, 1.82) is 0 Å². The average Bonchev–Trinajstić information content (AvgIpc) is 2.96. The fourth-order valence-electron chi connectivity index (χ4n) is 3.29. The fourth-order valence-corrected chi connectivity index (χ4v) is 4.41. The first-order valence-corrected chi connectivity index (χ1v) is 10.4. The minimum absolute atomic E-state index is 0.265. The van der Waals surface area contributed by atoms with Gasteiger partial charge in [0.05, 0.1) is 16.2 Å².